The summed E-state index contributed by atoms with van der Waals surface area (Å²) in [6, 6.07) is 14.7. The largest absolute Gasteiger partial charge is 0.378 e. The topological polar surface area (TPSA) is 65.1 Å². The van der Waals surface area contributed by atoms with Gasteiger partial charge in [0, 0.05) is 61.2 Å². The fraction of sp³-hybridized carbons (Fsp3) is 0.364. The van der Waals surface area contributed by atoms with Crippen LogP contribution in [0.5, 0.6) is 0 Å². The Labute approximate surface area is 181 Å². The molecule has 2 aliphatic heterocycles. The van der Waals surface area contributed by atoms with E-state index in [1.807, 2.05) is 29.2 Å². The van der Waals surface area contributed by atoms with Gasteiger partial charge in [-0.05, 0) is 48.5 Å². The average molecular weight is 429 g/mol. The second-order valence-corrected chi connectivity index (χ2v) is 7.80. The molecule has 0 spiro atoms. The number of halogens is 1. The van der Waals surface area contributed by atoms with Crippen LogP contribution in [0.3, 0.4) is 0 Å². The number of ether oxygens (including phenoxy) is 1. The molecule has 2 heterocycles. The van der Waals surface area contributed by atoms with Crippen molar-refractivity contribution in [2.24, 2.45) is 0 Å². The molecule has 7 nitrogen and oxygen atoms in total. The lowest BCUT2D eigenvalue weighted by atomic mass is 10.1. The molecule has 0 aliphatic carbocycles. The molecular weight excluding hydrogens is 404 g/mol. The van der Waals surface area contributed by atoms with Crippen molar-refractivity contribution in [3.8, 4) is 0 Å². The minimum Gasteiger partial charge on any atom is -0.378 e. The number of carbonyl (C=O) groups excluding carboxylic acids is 2. The van der Waals surface area contributed by atoms with Crippen LogP contribution in [-0.2, 0) is 4.74 Å². The van der Waals surface area contributed by atoms with E-state index >= 15 is 0 Å². The molecule has 2 saturated heterocycles. The second-order valence-electron chi connectivity index (χ2n) is 7.36. The number of nitrogens with one attached hydrogen (secondary N) is 1. The average Bonchev–Trinajstić information content (AvgIpc) is 2.80. The summed E-state index contributed by atoms with van der Waals surface area (Å²) in [6.45, 7) is 5.18. The zero-order chi connectivity index (χ0) is 20.9. The maximum absolute atomic E-state index is 12.8. The smallest absolute Gasteiger partial charge is 0.321 e. The SMILES string of the molecule is O=C(Nc1ccc(C(=O)N2CCN(c3ccc(Cl)cc3)CC2)cc1)N1CCOCC1. The molecule has 0 saturated carbocycles. The minimum atomic E-state index is -0.143. The molecule has 158 valence electrons. The van der Waals surface area contributed by atoms with E-state index in [1.54, 1.807) is 29.2 Å². The lowest BCUT2D eigenvalue weighted by molar-refractivity contribution is 0.0564. The highest BCUT2D eigenvalue weighted by molar-refractivity contribution is 6.30. The Bertz CT molecular complexity index is 874. The highest BCUT2D eigenvalue weighted by Gasteiger charge is 2.22. The highest BCUT2D eigenvalue weighted by Crippen LogP contribution is 2.20. The van der Waals surface area contributed by atoms with Gasteiger partial charge in [0.05, 0.1) is 13.2 Å². The van der Waals surface area contributed by atoms with E-state index in [9.17, 15) is 9.59 Å². The van der Waals surface area contributed by atoms with Gasteiger partial charge in [0.1, 0.15) is 0 Å². The van der Waals surface area contributed by atoms with Gasteiger partial charge < -0.3 is 24.8 Å². The number of nitrogens with zero attached hydrogens (tertiary/aromatic N) is 3. The van der Waals surface area contributed by atoms with Gasteiger partial charge >= 0.3 is 6.03 Å². The highest BCUT2D eigenvalue weighted by atomic mass is 35.5. The third-order valence-corrected chi connectivity index (χ3v) is 5.69. The van der Waals surface area contributed by atoms with Gasteiger partial charge in [0.15, 0.2) is 0 Å². The molecule has 8 heteroatoms. The lowest BCUT2D eigenvalue weighted by Gasteiger charge is -2.36. The summed E-state index contributed by atoms with van der Waals surface area (Å²) >= 11 is 5.96. The quantitative estimate of drug-likeness (QED) is 0.815. The Kier molecular flexibility index (Phi) is 6.40. The zero-order valence-corrected chi connectivity index (χ0v) is 17.5. The Morgan fingerprint density at radius 2 is 1.43 bits per heavy atom. The van der Waals surface area contributed by atoms with Crippen LogP contribution >= 0.6 is 11.6 Å². The van der Waals surface area contributed by atoms with Crippen molar-refractivity contribution in [2.45, 2.75) is 0 Å². The van der Waals surface area contributed by atoms with Crippen LogP contribution in [0.2, 0.25) is 5.02 Å². The van der Waals surface area contributed by atoms with Crippen LogP contribution in [-0.4, -0.2) is 74.2 Å². The van der Waals surface area contributed by atoms with Crippen LogP contribution in [0.15, 0.2) is 48.5 Å². The molecule has 3 amide bonds. The van der Waals surface area contributed by atoms with Crippen molar-refractivity contribution in [1.82, 2.24) is 9.80 Å². The van der Waals surface area contributed by atoms with E-state index in [0.29, 0.717) is 50.6 Å². The van der Waals surface area contributed by atoms with Crippen molar-refractivity contribution in [3.05, 3.63) is 59.1 Å². The molecule has 0 atom stereocenters. The van der Waals surface area contributed by atoms with Crippen LogP contribution in [0.1, 0.15) is 10.4 Å². The first kappa shape index (κ1) is 20.5. The van der Waals surface area contributed by atoms with Crippen LogP contribution in [0, 0.1) is 0 Å². The molecule has 2 aromatic rings. The minimum absolute atomic E-state index is 0.0109. The number of rotatable bonds is 3. The molecule has 1 N–H and O–H groups in total. The summed E-state index contributed by atoms with van der Waals surface area (Å²) in [6.07, 6.45) is 0. The van der Waals surface area contributed by atoms with Crippen LogP contribution in [0.25, 0.3) is 0 Å². The van der Waals surface area contributed by atoms with Crippen molar-refractivity contribution in [3.63, 3.8) is 0 Å². The van der Waals surface area contributed by atoms with E-state index in [2.05, 4.69) is 10.2 Å². The third kappa shape index (κ3) is 4.86. The molecule has 4 rings (SSSR count). The number of urea groups is 1. The summed E-state index contributed by atoms with van der Waals surface area (Å²) in [5.74, 6) is 0.0109. The summed E-state index contributed by atoms with van der Waals surface area (Å²) in [7, 11) is 0. The first-order chi connectivity index (χ1) is 14.6. The summed E-state index contributed by atoms with van der Waals surface area (Å²) in [5.41, 5.74) is 2.42. The number of amides is 3. The van der Waals surface area contributed by atoms with E-state index in [4.69, 9.17) is 16.3 Å². The number of hydrogen-bond acceptors (Lipinski definition) is 4. The summed E-state index contributed by atoms with van der Waals surface area (Å²) < 4.78 is 5.26. The predicted molar refractivity (Wildman–Crippen MR) is 117 cm³/mol. The summed E-state index contributed by atoms with van der Waals surface area (Å²) in [4.78, 5) is 31.0. The number of morpholine rings is 1. The van der Waals surface area contributed by atoms with E-state index in [-0.39, 0.29) is 11.9 Å². The fourth-order valence-electron chi connectivity index (χ4n) is 3.67. The number of anilines is 2. The molecule has 0 bridgehead atoms. The number of carbonyl (C=O) groups is 2. The molecule has 2 aliphatic rings. The lowest BCUT2D eigenvalue weighted by Crippen LogP contribution is -2.48. The van der Waals surface area contributed by atoms with Gasteiger partial charge in [-0.2, -0.15) is 0 Å². The van der Waals surface area contributed by atoms with Gasteiger partial charge in [0.25, 0.3) is 5.91 Å². The Morgan fingerprint density at radius 1 is 0.800 bits per heavy atom. The molecule has 2 aromatic carbocycles. The monoisotopic (exact) mass is 428 g/mol. The predicted octanol–water partition coefficient (Wildman–Crippen LogP) is 3.17. The maximum atomic E-state index is 12.8. The van der Waals surface area contributed by atoms with E-state index < -0.39 is 0 Å². The third-order valence-electron chi connectivity index (χ3n) is 5.44. The second kappa shape index (κ2) is 9.36. The molecule has 30 heavy (non-hydrogen) atoms. The molecule has 0 unspecified atom stereocenters. The maximum Gasteiger partial charge on any atom is 0.321 e. The Hall–Kier alpha value is -2.77. The fourth-order valence-corrected chi connectivity index (χ4v) is 3.79. The number of benzene rings is 2. The van der Waals surface area contributed by atoms with Gasteiger partial charge in [0.2, 0.25) is 0 Å². The van der Waals surface area contributed by atoms with Crippen molar-refractivity contribution >= 4 is 34.9 Å². The first-order valence-corrected chi connectivity index (χ1v) is 10.5. The van der Waals surface area contributed by atoms with Gasteiger partial charge in [-0.1, -0.05) is 11.6 Å². The molecule has 0 radical (unpaired) electrons. The zero-order valence-electron chi connectivity index (χ0n) is 16.7. The molecule has 0 aromatic heterocycles. The Balaban J connectivity index is 1.30. The van der Waals surface area contributed by atoms with Gasteiger partial charge in [-0.3, -0.25) is 4.79 Å². The van der Waals surface area contributed by atoms with Crippen molar-refractivity contribution < 1.29 is 14.3 Å². The van der Waals surface area contributed by atoms with Crippen LogP contribution in [0.4, 0.5) is 16.2 Å². The normalized spacial score (nSPS) is 17.0. The standard InChI is InChI=1S/C22H25ClN4O3/c23-18-3-7-20(8-4-18)25-9-11-26(12-10-25)21(28)17-1-5-19(6-2-17)24-22(29)27-13-15-30-16-14-27/h1-8H,9-16H2,(H,24,29). The number of piperazine rings is 1. The van der Waals surface area contributed by atoms with E-state index in [0.717, 1.165) is 23.8 Å². The first-order valence-electron chi connectivity index (χ1n) is 10.1. The van der Waals surface area contributed by atoms with Crippen molar-refractivity contribution in [2.75, 3.05) is 62.7 Å². The van der Waals surface area contributed by atoms with Gasteiger partial charge in [-0.25, -0.2) is 4.79 Å². The number of hydrogen-bond donors (Lipinski definition) is 1. The molecule has 2 fully saturated rings. The summed E-state index contributed by atoms with van der Waals surface area (Å²) in [5, 5.41) is 3.60. The van der Waals surface area contributed by atoms with E-state index in [1.165, 1.54) is 0 Å². The van der Waals surface area contributed by atoms with Crippen molar-refractivity contribution in [1.29, 1.82) is 0 Å². The molecular formula is C22H25ClN4O3. The Morgan fingerprint density at radius 3 is 2.07 bits per heavy atom. The van der Waals surface area contributed by atoms with Crippen LogP contribution < -0.4 is 10.2 Å². The van der Waals surface area contributed by atoms with Gasteiger partial charge in [-0.15, -0.1) is 0 Å².